The molecule has 0 spiro atoms. The van der Waals surface area contributed by atoms with Crippen molar-refractivity contribution in [1.82, 2.24) is 20.6 Å². The minimum atomic E-state index is -0.990. The number of amides is 2. The molecule has 4 rings (SSSR count). The molecule has 0 radical (unpaired) electrons. The average molecular weight is 441 g/mol. The van der Waals surface area contributed by atoms with Crippen LogP contribution in [-0.4, -0.2) is 27.3 Å². The normalized spacial score (nSPS) is 13.9. The number of benzene rings is 2. The molecular formula is C22H18ClFN4O3. The number of halogens is 2. The van der Waals surface area contributed by atoms with Crippen LogP contribution in [0.5, 0.6) is 11.5 Å². The summed E-state index contributed by atoms with van der Waals surface area (Å²) < 4.78 is 20.1. The van der Waals surface area contributed by atoms with Gasteiger partial charge in [-0.05, 0) is 31.0 Å². The summed E-state index contributed by atoms with van der Waals surface area (Å²) in [5.74, 6) is -0.620. The van der Waals surface area contributed by atoms with E-state index in [2.05, 4.69) is 20.6 Å². The Hall–Kier alpha value is -3.52. The Morgan fingerprint density at radius 1 is 1.13 bits per heavy atom. The lowest BCUT2D eigenvalue weighted by atomic mass is 10.1. The number of hydrogen-bond donors (Lipinski definition) is 2. The topological polar surface area (TPSA) is 93.2 Å². The molecule has 1 aliphatic carbocycles. The summed E-state index contributed by atoms with van der Waals surface area (Å²) in [6, 6.07) is 11.2. The molecule has 1 saturated carbocycles. The first-order valence-electron chi connectivity index (χ1n) is 9.53. The largest absolute Gasteiger partial charge is 0.456 e. The van der Waals surface area contributed by atoms with Gasteiger partial charge >= 0.3 is 0 Å². The molecule has 1 fully saturated rings. The number of nitrogens with zero attached hydrogens (tertiary/aromatic N) is 2. The monoisotopic (exact) mass is 440 g/mol. The molecule has 2 N–H and O–H groups in total. The maximum Gasteiger partial charge on any atom is 0.255 e. The Labute approximate surface area is 182 Å². The van der Waals surface area contributed by atoms with Gasteiger partial charge < -0.3 is 15.4 Å². The molecule has 0 atom stereocenters. The van der Waals surface area contributed by atoms with E-state index in [-0.39, 0.29) is 23.8 Å². The van der Waals surface area contributed by atoms with E-state index in [1.807, 2.05) is 0 Å². The number of carbonyl (C=O) groups is 2. The molecule has 0 bridgehead atoms. The van der Waals surface area contributed by atoms with Crippen molar-refractivity contribution in [2.75, 3.05) is 0 Å². The van der Waals surface area contributed by atoms with Gasteiger partial charge in [-0.3, -0.25) is 9.59 Å². The third-order valence-corrected chi connectivity index (χ3v) is 5.20. The predicted molar refractivity (Wildman–Crippen MR) is 111 cm³/mol. The Morgan fingerprint density at radius 3 is 2.55 bits per heavy atom. The number of para-hydroxylation sites is 1. The summed E-state index contributed by atoms with van der Waals surface area (Å²) in [5, 5.41) is 5.82. The average Bonchev–Trinajstić information content (AvgIpc) is 3.56. The smallest absolute Gasteiger partial charge is 0.255 e. The molecule has 3 aromatic rings. The van der Waals surface area contributed by atoms with Crippen LogP contribution < -0.4 is 15.4 Å². The molecule has 0 unspecified atom stereocenters. The van der Waals surface area contributed by atoms with E-state index in [9.17, 15) is 14.0 Å². The van der Waals surface area contributed by atoms with Crippen LogP contribution in [0.25, 0.3) is 0 Å². The second-order valence-corrected chi connectivity index (χ2v) is 7.54. The molecule has 2 amide bonds. The minimum Gasteiger partial charge on any atom is -0.456 e. The summed E-state index contributed by atoms with van der Waals surface area (Å²) in [6.07, 6.45) is 5.07. The lowest BCUT2D eigenvalue weighted by Crippen LogP contribution is -2.48. The van der Waals surface area contributed by atoms with Crippen LogP contribution in [0, 0.1) is 5.82 Å². The van der Waals surface area contributed by atoms with Crippen molar-refractivity contribution in [3.05, 3.63) is 83.2 Å². The molecule has 9 heteroatoms. The molecule has 0 saturated heterocycles. The third kappa shape index (κ3) is 4.80. The van der Waals surface area contributed by atoms with Crippen LogP contribution in [-0.2, 0) is 11.3 Å². The molecule has 7 nitrogen and oxygen atoms in total. The Bertz CT molecular complexity index is 1120. The van der Waals surface area contributed by atoms with Gasteiger partial charge in [0.2, 0.25) is 5.91 Å². The van der Waals surface area contributed by atoms with Gasteiger partial charge in [0, 0.05) is 30.6 Å². The maximum atomic E-state index is 14.5. The van der Waals surface area contributed by atoms with E-state index in [4.69, 9.17) is 16.3 Å². The number of hydrogen-bond acceptors (Lipinski definition) is 5. The number of rotatable bonds is 7. The van der Waals surface area contributed by atoms with Gasteiger partial charge in [0.05, 0.1) is 10.6 Å². The highest BCUT2D eigenvalue weighted by Crippen LogP contribution is 2.36. The summed E-state index contributed by atoms with van der Waals surface area (Å²) >= 11 is 6.05. The molecule has 1 aliphatic rings. The zero-order valence-electron chi connectivity index (χ0n) is 16.3. The van der Waals surface area contributed by atoms with Crippen molar-refractivity contribution in [3.8, 4) is 11.5 Å². The van der Waals surface area contributed by atoms with Gasteiger partial charge in [0.25, 0.3) is 5.91 Å². The molecule has 0 aliphatic heterocycles. The zero-order valence-corrected chi connectivity index (χ0v) is 17.0. The highest BCUT2D eigenvalue weighted by atomic mass is 35.5. The highest BCUT2D eigenvalue weighted by Gasteiger charge is 2.51. The fraction of sp³-hybridized carbons (Fsp3) is 0.182. The molecule has 2 aromatic carbocycles. The lowest BCUT2D eigenvalue weighted by molar-refractivity contribution is -0.124. The maximum absolute atomic E-state index is 14.5. The number of aromatic nitrogens is 2. The van der Waals surface area contributed by atoms with E-state index < -0.39 is 17.3 Å². The Kier molecular flexibility index (Phi) is 5.81. The van der Waals surface area contributed by atoms with Crippen molar-refractivity contribution in [1.29, 1.82) is 0 Å². The van der Waals surface area contributed by atoms with Crippen LogP contribution in [0.3, 0.4) is 0 Å². The van der Waals surface area contributed by atoms with Gasteiger partial charge in [-0.25, -0.2) is 14.4 Å². The van der Waals surface area contributed by atoms with Crippen molar-refractivity contribution in [2.45, 2.75) is 24.9 Å². The van der Waals surface area contributed by atoms with Gasteiger partial charge in [-0.15, -0.1) is 0 Å². The Morgan fingerprint density at radius 2 is 1.87 bits per heavy atom. The van der Waals surface area contributed by atoms with Crippen LogP contribution in [0.15, 0.2) is 61.2 Å². The van der Waals surface area contributed by atoms with Crippen LogP contribution in [0.1, 0.15) is 28.8 Å². The van der Waals surface area contributed by atoms with Crippen molar-refractivity contribution in [3.63, 3.8) is 0 Å². The van der Waals surface area contributed by atoms with E-state index in [1.165, 1.54) is 30.9 Å². The second kappa shape index (κ2) is 8.69. The van der Waals surface area contributed by atoms with E-state index in [0.717, 1.165) is 0 Å². The van der Waals surface area contributed by atoms with E-state index >= 15 is 0 Å². The number of carbonyl (C=O) groups excluding carboxylic acids is 2. The van der Waals surface area contributed by atoms with Crippen LogP contribution >= 0.6 is 11.6 Å². The summed E-state index contributed by atoms with van der Waals surface area (Å²) in [7, 11) is 0. The summed E-state index contributed by atoms with van der Waals surface area (Å²) in [6.45, 7) is -0.0247. The predicted octanol–water partition coefficient (Wildman–Crippen LogP) is 3.64. The number of nitrogens with one attached hydrogen (secondary N) is 2. The summed E-state index contributed by atoms with van der Waals surface area (Å²) in [4.78, 5) is 32.5. The van der Waals surface area contributed by atoms with Crippen molar-refractivity contribution < 1.29 is 18.7 Å². The van der Waals surface area contributed by atoms with Gasteiger partial charge in [-0.2, -0.15) is 0 Å². The zero-order chi connectivity index (χ0) is 21.8. The Balaban J connectivity index is 1.36. The van der Waals surface area contributed by atoms with E-state index in [1.54, 1.807) is 30.3 Å². The SMILES string of the molecule is O=C(NC1(C(=O)NCc2ccc(Oc3ccccc3Cl)cc2F)CC1)c1cncnc1. The fourth-order valence-electron chi connectivity index (χ4n) is 2.97. The van der Waals surface area contributed by atoms with Gasteiger partial charge in [0.15, 0.2) is 0 Å². The molecule has 1 heterocycles. The van der Waals surface area contributed by atoms with Crippen LogP contribution in [0.4, 0.5) is 4.39 Å². The second-order valence-electron chi connectivity index (χ2n) is 7.13. The fourth-order valence-corrected chi connectivity index (χ4v) is 3.15. The lowest BCUT2D eigenvalue weighted by Gasteiger charge is -2.17. The third-order valence-electron chi connectivity index (χ3n) is 4.89. The minimum absolute atomic E-state index is 0.0247. The van der Waals surface area contributed by atoms with Gasteiger partial charge in [-0.1, -0.05) is 29.8 Å². The quantitative estimate of drug-likeness (QED) is 0.585. The standard InChI is InChI=1S/C22H18ClFN4O3/c23-17-3-1-2-4-19(17)31-16-6-5-14(18(24)9-16)12-27-21(30)22(7-8-22)28-20(29)15-10-25-13-26-11-15/h1-6,9-11,13H,7-8,12H2,(H,27,30)(H,28,29). The first-order chi connectivity index (χ1) is 15.0. The number of ether oxygens (including phenoxy) is 1. The van der Waals surface area contributed by atoms with Gasteiger partial charge in [0.1, 0.15) is 29.2 Å². The first-order valence-corrected chi connectivity index (χ1v) is 9.91. The molecule has 1 aromatic heterocycles. The molecular weight excluding hydrogens is 423 g/mol. The van der Waals surface area contributed by atoms with Crippen molar-refractivity contribution in [2.24, 2.45) is 0 Å². The highest BCUT2D eigenvalue weighted by molar-refractivity contribution is 6.32. The van der Waals surface area contributed by atoms with Crippen LogP contribution in [0.2, 0.25) is 5.02 Å². The summed E-state index contributed by atoms with van der Waals surface area (Å²) in [5.41, 5.74) is -0.434. The van der Waals surface area contributed by atoms with Crippen molar-refractivity contribution >= 4 is 23.4 Å². The first kappa shape index (κ1) is 20.7. The molecule has 31 heavy (non-hydrogen) atoms. The van der Waals surface area contributed by atoms with E-state index in [0.29, 0.717) is 29.2 Å². The molecule has 158 valence electrons.